The van der Waals surface area contributed by atoms with Crippen molar-refractivity contribution in [2.75, 3.05) is 13.3 Å². The van der Waals surface area contributed by atoms with E-state index in [1.165, 1.54) is 12.8 Å². The van der Waals surface area contributed by atoms with Crippen LogP contribution in [0.1, 0.15) is 52.4 Å². The first-order chi connectivity index (χ1) is 11.3. The highest BCUT2D eigenvalue weighted by atomic mass is 31.2. The lowest BCUT2D eigenvalue weighted by Gasteiger charge is -2.39. The first kappa shape index (κ1) is 17.1. The third-order valence-electron chi connectivity index (χ3n) is 6.15. The van der Waals surface area contributed by atoms with E-state index in [0.717, 1.165) is 25.7 Å². The fraction of sp³-hybridized carbons (Fsp3) is 0.944. The Morgan fingerprint density at radius 1 is 1.08 bits per heavy atom. The van der Waals surface area contributed by atoms with Crippen LogP contribution in [-0.4, -0.2) is 65.2 Å². The zero-order valence-corrected chi connectivity index (χ0v) is 16.2. The first-order valence-electron chi connectivity index (χ1n) is 9.58. The van der Waals surface area contributed by atoms with Crippen LogP contribution in [0.25, 0.3) is 0 Å². The quantitative estimate of drug-likeness (QED) is 0.563. The molecule has 0 radical (unpaired) electrons. The molecule has 1 aliphatic carbocycles. The lowest BCUT2D eigenvalue weighted by Crippen LogP contribution is -2.51. The van der Waals surface area contributed by atoms with E-state index in [2.05, 4.69) is 18.7 Å². The largest absolute Gasteiger partial charge is 0.375 e. The van der Waals surface area contributed by atoms with Gasteiger partial charge in [0.15, 0.2) is 0 Å². The molecule has 1 unspecified atom stereocenters. The molecule has 3 aliphatic heterocycles. The summed E-state index contributed by atoms with van der Waals surface area (Å²) in [6.45, 7) is 7.80. The van der Waals surface area contributed by atoms with E-state index in [4.69, 9.17) is 4.74 Å². The molecule has 3 saturated heterocycles. The van der Waals surface area contributed by atoms with Gasteiger partial charge >= 0.3 is 0 Å². The molecular weight excluding hydrogens is 323 g/mol. The topological polar surface area (TPSA) is 49.6 Å². The van der Waals surface area contributed by atoms with Crippen molar-refractivity contribution in [3.05, 3.63) is 0 Å². The van der Waals surface area contributed by atoms with Gasteiger partial charge in [-0.3, -0.25) is 4.79 Å². The van der Waals surface area contributed by atoms with Gasteiger partial charge in [-0.25, -0.2) is 4.67 Å². The van der Waals surface area contributed by atoms with Crippen LogP contribution in [0.2, 0.25) is 0 Å². The van der Waals surface area contributed by atoms with Crippen molar-refractivity contribution in [2.24, 2.45) is 5.92 Å². The van der Waals surface area contributed by atoms with E-state index < -0.39 is 7.29 Å². The molecule has 3 heterocycles. The van der Waals surface area contributed by atoms with E-state index >= 15 is 0 Å². The molecule has 5 nitrogen and oxygen atoms in total. The van der Waals surface area contributed by atoms with E-state index in [1.807, 2.05) is 18.0 Å². The monoisotopic (exact) mass is 354 g/mol. The minimum absolute atomic E-state index is 0.107. The highest BCUT2D eigenvalue weighted by Crippen LogP contribution is 2.61. The van der Waals surface area contributed by atoms with Crippen molar-refractivity contribution >= 4 is 13.2 Å². The van der Waals surface area contributed by atoms with E-state index in [1.54, 1.807) is 0 Å². The minimum Gasteiger partial charge on any atom is -0.375 e. The molecule has 0 spiro atoms. The Balaban J connectivity index is 1.47. The number of hydrogen-bond donors (Lipinski definition) is 0. The third kappa shape index (κ3) is 2.97. The number of carbonyl (C=O) groups excluding carboxylic acids is 1. The maximum absolute atomic E-state index is 13.3. The molecule has 0 aromatic carbocycles. The van der Waals surface area contributed by atoms with Crippen molar-refractivity contribution in [1.82, 2.24) is 9.57 Å². The summed E-state index contributed by atoms with van der Waals surface area (Å²) in [5.41, 5.74) is 0. The highest BCUT2D eigenvalue weighted by molar-refractivity contribution is 7.60. The fourth-order valence-electron chi connectivity index (χ4n) is 5.16. The predicted octanol–water partition coefficient (Wildman–Crippen LogP) is 2.93. The van der Waals surface area contributed by atoms with Crippen LogP contribution in [0.4, 0.5) is 0 Å². The van der Waals surface area contributed by atoms with Crippen LogP contribution in [0, 0.1) is 5.92 Å². The number of carbonyl (C=O) groups is 1. The number of fused-ring (bicyclic) bond motifs is 2. The Morgan fingerprint density at radius 2 is 1.67 bits per heavy atom. The van der Waals surface area contributed by atoms with Gasteiger partial charge in [0, 0.05) is 31.5 Å². The van der Waals surface area contributed by atoms with Gasteiger partial charge in [0.1, 0.15) is 13.3 Å². The minimum atomic E-state index is -2.35. The van der Waals surface area contributed by atoms with Gasteiger partial charge in [-0.15, -0.1) is 0 Å². The molecule has 24 heavy (non-hydrogen) atoms. The number of rotatable bonds is 5. The molecule has 136 valence electrons. The van der Waals surface area contributed by atoms with Crippen molar-refractivity contribution in [3.63, 3.8) is 0 Å². The van der Waals surface area contributed by atoms with Crippen LogP contribution in [0.5, 0.6) is 0 Å². The van der Waals surface area contributed by atoms with Crippen molar-refractivity contribution in [2.45, 2.75) is 88.7 Å². The van der Waals surface area contributed by atoms with Crippen molar-refractivity contribution in [1.29, 1.82) is 0 Å². The molecular formula is C18H31N2O3P. The number of hydrogen-bond acceptors (Lipinski definition) is 3. The highest BCUT2D eigenvalue weighted by Gasteiger charge is 2.64. The summed E-state index contributed by atoms with van der Waals surface area (Å²) in [7, 11) is -2.35. The Labute approximate surface area is 145 Å². The molecule has 4 fully saturated rings. The number of amides is 1. The average molecular weight is 354 g/mol. The van der Waals surface area contributed by atoms with E-state index in [0.29, 0.717) is 24.1 Å². The molecule has 2 bridgehead atoms. The summed E-state index contributed by atoms with van der Waals surface area (Å²) in [6, 6.07) is 0.803. The number of nitrogens with zero attached hydrogens (tertiary/aromatic N) is 2. The van der Waals surface area contributed by atoms with Gasteiger partial charge in [0.25, 0.3) is 0 Å². The second-order valence-corrected chi connectivity index (χ2v) is 11.9. The maximum Gasteiger partial charge on any atom is 0.242 e. The van der Waals surface area contributed by atoms with Crippen LogP contribution in [-0.2, 0) is 14.1 Å². The molecule has 6 heteroatoms. The third-order valence-corrected chi connectivity index (χ3v) is 7.78. The molecule has 0 aromatic rings. The summed E-state index contributed by atoms with van der Waals surface area (Å²) in [4.78, 5) is 15.4. The summed E-state index contributed by atoms with van der Waals surface area (Å²) >= 11 is 0. The van der Waals surface area contributed by atoms with Crippen LogP contribution < -0.4 is 0 Å². The lowest BCUT2D eigenvalue weighted by atomic mass is 9.98. The van der Waals surface area contributed by atoms with Crippen molar-refractivity contribution in [3.8, 4) is 0 Å². The van der Waals surface area contributed by atoms with Gasteiger partial charge in [-0.2, -0.15) is 0 Å². The molecule has 1 amide bonds. The van der Waals surface area contributed by atoms with E-state index in [-0.39, 0.29) is 24.1 Å². The maximum atomic E-state index is 13.3. The molecule has 0 aromatic heterocycles. The zero-order valence-electron chi connectivity index (χ0n) is 15.4. The zero-order chi connectivity index (χ0) is 17.2. The Morgan fingerprint density at radius 3 is 2.12 bits per heavy atom. The SMILES string of the molecule is CC(C)O[C@H]1C[C@H]2CC[C@@H](C1)N2C(=O)[C@@H]1[C@H](C2CC2)N1P(C)(C)=O. The first-order valence-corrected chi connectivity index (χ1v) is 12.1. The molecule has 1 saturated carbocycles. The molecule has 6 atom stereocenters. The Bertz CT molecular complexity index is 557. The van der Waals surface area contributed by atoms with Crippen LogP contribution in [0.3, 0.4) is 0 Å². The van der Waals surface area contributed by atoms with Gasteiger partial charge in [-0.05, 0) is 58.3 Å². The van der Waals surface area contributed by atoms with Gasteiger partial charge in [0.05, 0.1) is 12.2 Å². The second-order valence-electron chi connectivity index (χ2n) is 8.86. The van der Waals surface area contributed by atoms with Gasteiger partial charge in [-0.1, -0.05) is 0 Å². The smallest absolute Gasteiger partial charge is 0.242 e. The number of ether oxygens (including phenoxy) is 1. The summed E-state index contributed by atoms with van der Waals surface area (Å²) < 4.78 is 20.7. The lowest BCUT2D eigenvalue weighted by molar-refractivity contribution is -0.139. The molecule has 4 aliphatic rings. The summed E-state index contributed by atoms with van der Waals surface area (Å²) in [5.74, 6) is 0.859. The second kappa shape index (κ2) is 5.82. The predicted molar refractivity (Wildman–Crippen MR) is 94.5 cm³/mol. The van der Waals surface area contributed by atoms with Gasteiger partial charge in [0.2, 0.25) is 5.91 Å². The number of piperidine rings is 1. The Kier molecular flexibility index (Phi) is 4.14. The average Bonchev–Trinajstić information content (AvgIpc) is 3.32. The normalized spacial score (nSPS) is 41.8. The summed E-state index contributed by atoms with van der Waals surface area (Å²) in [5, 5.41) is 0. The van der Waals surface area contributed by atoms with Crippen molar-refractivity contribution < 1.29 is 14.1 Å². The standard InChI is InChI=1S/C18H31N2O3P/c1-11(2)23-15-9-13-7-8-14(10-15)19(13)18(21)17-16(12-5-6-12)20(17)24(3,4)22/h11-17H,5-10H2,1-4H3/t13-,14+,15+,16-,17-,20?/m0/s1. The molecule has 4 rings (SSSR count). The van der Waals surface area contributed by atoms with Crippen LogP contribution >= 0.6 is 7.29 Å². The summed E-state index contributed by atoms with van der Waals surface area (Å²) in [6.07, 6.45) is 7.08. The van der Waals surface area contributed by atoms with Gasteiger partial charge < -0.3 is 14.2 Å². The van der Waals surface area contributed by atoms with E-state index in [9.17, 15) is 9.36 Å². The Hall–Kier alpha value is -0.380. The van der Waals surface area contributed by atoms with Crippen LogP contribution in [0.15, 0.2) is 0 Å². The fourth-order valence-corrected chi connectivity index (χ4v) is 6.90. The molecule has 0 N–H and O–H groups in total.